The highest BCUT2D eigenvalue weighted by Crippen LogP contribution is 2.15. The number of unbranched alkanes of at least 4 members (excludes halogenated alkanes) is 1. The Morgan fingerprint density at radius 2 is 1.90 bits per heavy atom. The summed E-state index contributed by atoms with van der Waals surface area (Å²) in [5.74, 6) is 0. The summed E-state index contributed by atoms with van der Waals surface area (Å²) in [5, 5.41) is 0. The third-order valence-corrected chi connectivity index (χ3v) is 4.98. The van der Waals surface area contributed by atoms with Gasteiger partial charge in [-0.2, -0.15) is 0 Å². The Labute approximate surface area is 173 Å². The Morgan fingerprint density at radius 3 is 2.60 bits per heavy atom. The van der Waals surface area contributed by atoms with Crippen molar-refractivity contribution >= 4 is 19.4 Å². The maximum Gasteiger partial charge on any atom is 0.694 e. The fourth-order valence-electron chi connectivity index (χ4n) is 3.15. The van der Waals surface area contributed by atoms with E-state index in [1.54, 1.807) is 4.57 Å². The van der Waals surface area contributed by atoms with Crippen LogP contribution < -0.4 is 11.2 Å². The molecule has 2 aromatic heterocycles. The highest BCUT2D eigenvalue weighted by atomic mass is 31.1. The average molecular weight is 435 g/mol. The first-order valence-corrected chi connectivity index (χ1v) is 10.7. The molecule has 0 saturated heterocycles. The monoisotopic (exact) mass is 435 g/mol. The molecule has 10 nitrogen and oxygen atoms in total. The number of ether oxygens (including phenoxy) is 1. The van der Waals surface area contributed by atoms with Gasteiger partial charge in [-0.1, -0.05) is 30.3 Å². The molecule has 0 amide bonds. The standard InChI is InChI=1S/C19H23N4O6P/c1-2-28-14-21-13-20-17-16(21)18(24)22(10-6-7-11-29-30(26)27)19(25)23(17)12-15-8-4-3-5-9-15/h3-5,8-9,13H,2,6-7,10-12,14H2,1H3/p+1. The van der Waals surface area contributed by atoms with Crippen LogP contribution in [0.4, 0.5) is 0 Å². The van der Waals surface area contributed by atoms with E-state index in [0.717, 1.165) is 5.56 Å². The second-order valence-corrected chi connectivity index (χ2v) is 7.33. The van der Waals surface area contributed by atoms with Crippen LogP contribution in [0.3, 0.4) is 0 Å². The van der Waals surface area contributed by atoms with Crippen LogP contribution in [-0.4, -0.2) is 36.8 Å². The molecule has 0 radical (unpaired) electrons. The predicted molar refractivity (Wildman–Crippen MR) is 110 cm³/mol. The summed E-state index contributed by atoms with van der Waals surface area (Å²) in [5.41, 5.74) is 0.627. The van der Waals surface area contributed by atoms with E-state index < -0.39 is 19.5 Å². The van der Waals surface area contributed by atoms with Crippen LogP contribution in [0.1, 0.15) is 25.3 Å². The van der Waals surface area contributed by atoms with Crippen LogP contribution in [0.25, 0.3) is 11.2 Å². The van der Waals surface area contributed by atoms with Gasteiger partial charge in [0, 0.05) is 17.7 Å². The fourth-order valence-corrected chi connectivity index (χ4v) is 3.43. The number of rotatable bonds is 11. The molecule has 1 atom stereocenters. The normalized spacial score (nSPS) is 11.9. The lowest BCUT2D eigenvalue weighted by Gasteiger charge is -2.12. The van der Waals surface area contributed by atoms with Crippen LogP contribution in [0.15, 0.2) is 46.2 Å². The van der Waals surface area contributed by atoms with Gasteiger partial charge >= 0.3 is 13.9 Å². The van der Waals surface area contributed by atoms with E-state index in [1.807, 2.05) is 37.3 Å². The Bertz CT molecular complexity index is 1120. The van der Waals surface area contributed by atoms with Gasteiger partial charge in [0.15, 0.2) is 11.2 Å². The average Bonchev–Trinajstić information content (AvgIpc) is 3.16. The van der Waals surface area contributed by atoms with Crippen molar-refractivity contribution in [2.75, 3.05) is 13.2 Å². The maximum atomic E-state index is 13.1. The number of nitrogens with zero attached hydrogens (tertiary/aromatic N) is 4. The summed E-state index contributed by atoms with van der Waals surface area (Å²) in [7, 11) is -2.65. The molecule has 0 spiro atoms. The molecule has 0 aliphatic rings. The summed E-state index contributed by atoms with van der Waals surface area (Å²) < 4.78 is 24.9. The Kier molecular flexibility index (Phi) is 7.64. The smallest absolute Gasteiger partial charge is 0.361 e. The van der Waals surface area contributed by atoms with Crippen LogP contribution in [-0.2, 0) is 33.6 Å². The van der Waals surface area contributed by atoms with Crippen LogP contribution in [0.5, 0.6) is 0 Å². The lowest BCUT2D eigenvalue weighted by molar-refractivity contribution is 0.0903. The summed E-state index contributed by atoms with van der Waals surface area (Å²) >= 11 is 0. The fraction of sp³-hybridized carbons (Fsp3) is 0.421. The van der Waals surface area contributed by atoms with Crippen molar-refractivity contribution in [3.63, 3.8) is 0 Å². The molecule has 1 unspecified atom stereocenters. The number of aromatic nitrogens is 4. The lowest BCUT2D eigenvalue weighted by Crippen LogP contribution is -2.41. The molecule has 11 heteroatoms. The second kappa shape index (κ2) is 10.4. The van der Waals surface area contributed by atoms with E-state index >= 15 is 0 Å². The molecule has 2 heterocycles. The van der Waals surface area contributed by atoms with Gasteiger partial charge in [0.1, 0.15) is 13.3 Å². The minimum Gasteiger partial charge on any atom is -0.361 e. The Balaban J connectivity index is 2.00. The van der Waals surface area contributed by atoms with E-state index in [4.69, 9.17) is 9.63 Å². The quantitative estimate of drug-likeness (QED) is 0.361. The molecule has 0 aliphatic heterocycles. The van der Waals surface area contributed by atoms with Crippen molar-refractivity contribution in [3.05, 3.63) is 63.1 Å². The van der Waals surface area contributed by atoms with Gasteiger partial charge in [-0.05, 0) is 25.3 Å². The van der Waals surface area contributed by atoms with E-state index in [9.17, 15) is 14.2 Å². The first-order valence-electron chi connectivity index (χ1n) is 9.62. The molecule has 3 aromatic rings. The second-order valence-electron chi connectivity index (χ2n) is 6.60. The van der Waals surface area contributed by atoms with E-state index in [1.165, 1.54) is 15.5 Å². The topological polar surface area (TPSA) is 118 Å². The molecule has 0 aliphatic carbocycles. The minimum atomic E-state index is -2.65. The number of hydrogen-bond donors (Lipinski definition) is 1. The van der Waals surface area contributed by atoms with Gasteiger partial charge in [-0.3, -0.25) is 13.9 Å². The van der Waals surface area contributed by atoms with Crippen molar-refractivity contribution < 1.29 is 18.7 Å². The van der Waals surface area contributed by atoms with Gasteiger partial charge in [0.05, 0.1) is 12.9 Å². The van der Waals surface area contributed by atoms with Gasteiger partial charge in [0.25, 0.3) is 5.56 Å². The molecular formula is C19H24N4O6P+. The number of fused-ring (bicyclic) bond motifs is 1. The highest BCUT2D eigenvalue weighted by molar-refractivity contribution is 7.32. The largest absolute Gasteiger partial charge is 0.694 e. The van der Waals surface area contributed by atoms with Gasteiger partial charge < -0.3 is 9.30 Å². The van der Waals surface area contributed by atoms with Crippen LogP contribution in [0, 0.1) is 0 Å². The third kappa shape index (κ3) is 5.09. The zero-order valence-electron chi connectivity index (χ0n) is 16.6. The van der Waals surface area contributed by atoms with E-state index in [0.29, 0.717) is 30.6 Å². The van der Waals surface area contributed by atoms with Crippen LogP contribution in [0.2, 0.25) is 0 Å². The molecule has 1 aromatic carbocycles. The zero-order chi connectivity index (χ0) is 21.5. The summed E-state index contributed by atoms with van der Waals surface area (Å²) in [6, 6.07) is 9.46. The summed E-state index contributed by atoms with van der Waals surface area (Å²) in [4.78, 5) is 39.2. The molecule has 0 bridgehead atoms. The maximum absolute atomic E-state index is 13.1. The van der Waals surface area contributed by atoms with Gasteiger partial charge in [-0.25, -0.2) is 9.78 Å². The molecule has 30 heavy (non-hydrogen) atoms. The summed E-state index contributed by atoms with van der Waals surface area (Å²) in [6.07, 6.45) is 2.37. The van der Waals surface area contributed by atoms with E-state index in [-0.39, 0.29) is 26.4 Å². The number of hydrogen-bond acceptors (Lipinski definition) is 6. The van der Waals surface area contributed by atoms with Crippen molar-refractivity contribution in [1.29, 1.82) is 0 Å². The molecule has 0 fully saturated rings. The highest BCUT2D eigenvalue weighted by Gasteiger charge is 2.18. The number of benzene rings is 1. The molecule has 3 rings (SSSR count). The Morgan fingerprint density at radius 1 is 1.13 bits per heavy atom. The third-order valence-electron chi connectivity index (χ3n) is 4.58. The molecular weight excluding hydrogens is 411 g/mol. The summed E-state index contributed by atoms with van der Waals surface area (Å²) in [6.45, 7) is 2.99. The molecule has 0 saturated carbocycles. The predicted octanol–water partition coefficient (Wildman–Crippen LogP) is 1.85. The van der Waals surface area contributed by atoms with Crippen LogP contribution >= 0.6 is 8.25 Å². The van der Waals surface area contributed by atoms with Crippen molar-refractivity contribution in [1.82, 2.24) is 18.7 Å². The first kappa shape index (κ1) is 22.0. The minimum absolute atomic E-state index is 0.0726. The molecule has 1 N–H and O–H groups in total. The zero-order valence-corrected chi connectivity index (χ0v) is 17.5. The van der Waals surface area contributed by atoms with E-state index in [2.05, 4.69) is 9.51 Å². The lowest BCUT2D eigenvalue weighted by atomic mass is 10.2. The number of imidazole rings is 1. The van der Waals surface area contributed by atoms with Gasteiger partial charge in [0.2, 0.25) is 0 Å². The van der Waals surface area contributed by atoms with Crippen molar-refractivity contribution in [2.24, 2.45) is 0 Å². The SMILES string of the molecule is CCOCn1cnc2c1c(=O)n(CCCCO[P+](=O)O)c(=O)n2Cc1ccccc1. The molecule has 160 valence electrons. The van der Waals surface area contributed by atoms with Crippen molar-refractivity contribution in [2.45, 2.75) is 39.6 Å². The van der Waals surface area contributed by atoms with Gasteiger partial charge in [-0.15, -0.1) is 9.42 Å². The van der Waals surface area contributed by atoms with Crippen molar-refractivity contribution in [3.8, 4) is 0 Å². The Hall–Kier alpha value is -2.65. The first-order chi connectivity index (χ1) is 14.5.